The third-order valence-electron chi connectivity index (χ3n) is 2.93. The van der Waals surface area contributed by atoms with Crippen molar-refractivity contribution in [3.63, 3.8) is 0 Å². The van der Waals surface area contributed by atoms with E-state index in [0.29, 0.717) is 18.7 Å². The number of nitrogens with one attached hydrogen (secondary N) is 1. The van der Waals surface area contributed by atoms with E-state index >= 15 is 0 Å². The molecule has 0 aromatic heterocycles. The number of hydrogen-bond acceptors (Lipinski definition) is 4. The van der Waals surface area contributed by atoms with Gasteiger partial charge in [-0.1, -0.05) is 15.9 Å². The van der Waals surface area contributed by atoms with Gasteiger partial charge in [0.05, 0.1) is 11.5 Å². The lowest BCUT2D eigenvalue weighted by Crippen LogP contribution is -2.41. The molecule has 0 atom stereocenters. The smallest absolute Gasteiger partial charge is 0.153 e. The highest BCUT2D eigenvalue weighted by Crippen LogP contribution is 2.25. The summed E-state index contributed by atoms with van der Waals surface area (Å²) >= 11 is 3.34. The Bertz CT molecular complexity index is 572. The van der Waals surface area contributed by atoms with Gasteiger partial charge in [-0.25, -0.2) is 8.42 Å². The molecule has 7 heteroatoms. The first kappa shape index (κ1) is 13.4. The highest BCUT2D eigenvalue weighted by molar-refractivity contribution is 9.10. The summed E-state index contributed by atoms with van der Waals surface area (Å²) in [5.74, 6) is 0.292. The number of benzene rings is 1. The van der Waals surface area contributed by atoms with Gasteiger partial charge in [0.15, 0.2) is 9.84 Å². The number of anilines is 1. The summed E-state index contributed by atoms with van der Waals surface area (Å²) in [6, 6.07) is 5.50. The number of nitrogens with two attached hydrogens (primary N) is 1. The number of nitrogen functional groups attached to an aromatic ring is 1. The van der Waals surface area contributed by atoms with E-state index in [1.807, 2.05) is 17.0 Å². The molecule has 1 aromatic rings. The molecule has 98 valence electrons. The number of halogens is 1. The molecule has 2 rings (SSSR count). The lowest BCUT2D eigenvalue weighted by atomic mass is 10.1. The molecule has 0 saturated carbocycles. The summed E-state index contributed by atoms with van der Waals surface area (Å²) in [7, 11) is -2.90. The van der Waals surface area contributed by atoms with Crippen LogP contribution in [0.15, 0.2) is 22.7 Å². The SMILES string of the molecule is N=C(N)c1cc(Br)ccc1N1CCS(=O)(=O)CC1. The first-order valence-electron chi connectivity index (χ1n) is 5.48. The predicted molar refractivity (Wildman–Crippen MR) is 76.0 cm³/mol. The van der Waals surface area contributed by atoms with Gasteiger partial charge in [-0.2, -0.15) is 0 Å². The van der Waals surface area contributed by atoms with E-state index in [0.717, 1.165) is 10.2 Å². The topological polar surface area (TPSA) is 87.2 Å². The maximum Gasteiger partial charge on any atom is 0.153 e. The first-order valence-corrected chi connectivity index (χ1v) is 8.10. The van der Waals surface area contributed by atoms with Crippen molar-refractivity contribution in [2.24, 2.45) is 5.73 Å². The quantitative estimate of drug-likeness (QED) is 0.624. The van der Waals surface area contributed by atoms with Crippen LogP contribution < -0.4 is 10.6 Å². The fourth-order valence-corrected chi connectivity index (χ4v) is 3.52. The average molecular weight is 332 g/mol. The minimum atomic E-state index is -2.90. The second-order valence-electron chi connectivity index (χ2n) is 4.21. The van der Waals surface area contributed by atoms with Crippen LogP contribution in [-0.2, 0) is 9.84 Å². The zero-order chi connectivity index (χ0) is 13.3. The maximum absolute atomic E-state index is 11.4. The normalized spacial score (nSPS) is 18.6. The van der Waals surface area contributed by atoms with Crippen LogP contribution in [0, 0.1) is 5.41 Å². The molecule has 5 nitrogen and oxygen atoms in total. The van der Waals surface area contributed by atoms with Gasteiger partial charge < -0.3 is 10.6 Å². The van der Waals surface area contributed by atoms with E-state index in [4.69, 9.17) is 11.1 Å². The Morgan fingerprint density at radius 3 is 2.50 bits per heavy atom. The Labute approximate surface area is 115 Å². The molecular weight excluding hydrogens is 318 g/mol. The van der Waals surface area contributed by atoms with Gasteiger partial charge in [-0.05, 0) is 18.2 Å². The first-order chi connectivity index (χ1) is 8.39. The van der Waals surface area contributed by atoms with Gasteiger partial charge in [-0.3, -0.25) is 5.41 Å². The van der Waals surface area contributed by atoms with Crippen molar-refractivity contribution in [2.75, 3.05) is 29.5 Å². The van der Waals surface area contributed by atoms with Crippen molar-refractivity contribution in [3.05, 3.63) is 28.2 Å². The third kappa shape index (κ3) is 2.84. The molecule has 0 radical (unpaired) electrons. The molecular formula is C11H14BrN3O2S. The van der Waals surface area contributed by atoms with Crippen LogP contribution in [0.1, 0.15) is 5.56 Å². The fourth-order valence-electron chi connectivity index (χ4n) is 1.95. The third-order valence-corrected chi connectivity index (χ3v) is 5.04. The number of amidine groups is 1. The molecule has 0 spiro atoms. The molecule has 1 fully saturated rings. The zero-order valence-electron chi connectivity index (χ0n) is 9.69. The second-order valence-corrected chi connectivity index (χ2v) is 7.43. The molecule has 1 heterocycles. The van der Waals surface area contributed by atoms with Gasteiger partial charge in [0.1, 0.15) is 5.84 Å². The lowest BCUT2D eigenvalue weighted by Gasteiger charge is -2.30. The molecule has 3 N–H and O–H groups in total. The molecule has 0 bridgehead atoms. The minimum absolute atomic E-state index is 0.0141. The largest absolute Gasteiger partial charge is 0.384 e. The van der Waals surface area contributed by atoms with Crippen LogP contribution in [0.2, 0.25) is 0 Å². The van der Waals surface area contributed by atoms with Crippen molar-refractivity contribution in [1.82, 2.24) is 0 Å². The number of hydrogen-bond donors (Lipinski definition) is 2. The highest BCUT2D eigenvalue weighted by Gasteiger charge is 2.23. The van der Waals surface area contributed by atoms with Crippen LogP contribution in [0.3, 0.4) is 0 Å². The van der Waals surface area contributed by atoms with Gasteiger partial charge in [-0.15, -0.1) is 0 Å². The van der Waals surface area contributed by atoms with Crippen LogP contribution in [0.5, 0.6) is 0 Å². The van der Waals surface area contributed by atoms with Crippen LogP contribution in [0.4, 0.5) is 5.69 Å². The Morgan fingerprint density at radius 2 is 1.94 bits per heavy atom. The molecule has 1 aliphatic heterocycles. The summed E-state index contributed by atoms with van der Waals surface area (Å²) in [5, 5.41) is 7.58. The zero-order valence-corrected chi connectivity index (χ0v) is 12.1. The number of nitrogens with zero attached hydrogens (tertiary/aromatic N) is 1. The summed E-state index contributed by atoms with van der Waals surface area (Å²) < 4.78 is 23.6. The van der Waals surface area contributed by atoms with Gasteiger partial charge in [0, 0.05) is 28.8 Å². The Balaban J connectivity index is 2.32. The Kier molecular flexibility index (Phi) is 3.63. The second kappa shape index (κ2) is 4.89. The molecule has 0 aliphatic carbocycles. The standard InChI is InChI=1S/C11H14BrN3O2S/c12-8-1-2-10(9(7-8)11(13)14)15-3-5-18(16,17)6-4-15/h1-2,7H,3-6H2,(H3,13,14). The van der Waals surface area contributed by atoms with Crippen LogP contribution in [0.25, 0.3) is 0 Å². The van der Waals surface area contributed by atoms with Crippen LogP contribution >= 0.6 is 15.9 Å². The number of sulfone groups is 1. The van der Waals surface area contributed by atoms with E-state index in [-0.39, 0.29) is 17.3 Å². The molecule has 1 saturated heterocycles. The molecule has 1 aliphatic rings. The lowest BCUT2D eigenvalue weighted by molar-refractivity contribution is 0.587. The van der Waals surface area contributed by atoms with E-state index in [1.165, 1.54) is 0 Å². The minimum Gasteiger partial charge on any atom is -0.384 e. The van der Waals surface area contributed by atoms with E-state index in [9.17, 15) is 8.42 Å². The van der Waals surface area contributed by atoms with E-state index < -0.39 is 9.84 Å². The summed E-state index contributed by atoms with van der Waals surface area (Å²) in [6.45, 7) is 0.897. The number of rotatable bonds is 2. The summed E-state index contributed by atoms with van der Waals surface area (Å²) in [6.07, 6.45) is 0. The molecule has 0 amide bonds. The monoisotopic (exact) mass is 331 g/mol. The Morgan fingerprint density at radius 1 is 1.33 bits per heavy atom. The van der Waals surface area contributed by atoms with Crippen molar-refractivity contribution >= 4 is 37.3 Å². The summed E-state index contributed by atoms with van der Waals surface area (Å²) in [5.41, 5.74) is 7.01. The van der Waals surface area contributed by atoms with Crippen LogP contribution in [-0.4, -0.2) is 38.8 Å². The van der Waals surface area contributed by atoms with Crippen molar-refractivity contribution in [1.29, 1.82) is 5.41 Å². The van der Waals surface area contributed by atoms with Crippen molar-refractivity contribution in [2.45, 2.75) is 0 Å². The van der Waals surface area contributed by atoms with Crippen molar-refractivity contribution < 1.29 is 8.42 Å². The fraction of sp³-hybridized carbons (Fsp3) is 0.364. The van der Waals surface area contributed by atoms with E-state index in [2.05, 4.69) is 15.9 Å². The molecule has 1 aromatic carbocycles. The Hall–Kier alpha value is -1.08. The van der Waals surface area contributed by atoms with Crippen molar-refractivity contribution in [3.8, 4) is 0 Å². The molecule has 18 heavy (non-hydrogen) atoms. The van der Waals surface area contributed by atoms with Gasteiger partial charge in [0.2, 0.25) is 0 Å². The maximum atomic E-state index is 11.4. The van der Waals surface area contributed by atoms with Gasteiger partial charge >= 0.3 is 0 Å². The van der Waals surface area contributed by atoms with E-state index in [1.54, 1.807) is 6.07 Å². The highest BCUT2D eigenvalue weighted by atomic mass is 79.9. The summed E-state index contributed by atoms with van der Waals surface area (Å²) in [4.78, 5) is 1.96. The molecule has 0 unspecified atom stereocenters. The average Bonchev–Trinajstić information content (AvgIpc) is 2.29. The predicted octanol–water partition coefficient (Wildman–Crippen LogP) is 0.968. The van der Waals surface area contributed by atoms with Gasteiger partial charge in [0.25, 0.3) is 0 Å².